The first-order valence-electron chi connectivity index (χ1n) is 8.26. The van der Waals surface area contributed by atoms with Gasteiger partial charge in [0.05, 0.1) is 35.6 Å². The predicted molar refractivity (Wildman–Crippen MR) is 102 cm³/mol. The molecular formula is C18H18BrN3O3S. The number of carbonyl (C=O) groups excluding carboxylic acids is 2. The molecule has 1 atom stereocenters. The number of nitrogens with zero attached hydrogens (tertiary/aromatic N) is 2. The number of morpholine rings is 1. The molecule has 2 aliphatic heterocycles. The summed E-state index contributed by atoms with van der Waals surface area (Å²) in [6, 6.07) is 9.84. The third-order valence-electron chi connectivity index (χ3n) is 4.31. The maximum atomic E-state index is 12.3. The first kappa shape index (κ1) is 19.0. The van der Waals surface area contributed by atoms with Crippen LogP contribution in [-0.4, -0.2) is 48.8 Å². The molecule has 1 aromatic carbocycles. The van der Waals surface area contributed by atoms with Crippen LogP contribution in [0.15, 0.2) is 39.3 Å². The number of rotatable bonds is 4. The van der Waals surface area contributed by atoms with Crippen LogP contribution in [0.2, 0.25) is 0 Å². The minimum Gasteiger partial charge on any atom is -0.378 e. The average molecular weight is 436 g/mol. The van der Waals surface area contributed by atoms with Gasteiger partial charge in [-0.25, -0.2) is 0 Å². The van der Waals surface area contributed by atoms with Crippen LogP contribution in [0.1, 0.15) is 17.9 Å². The van der Waals surface area contributed by atoms with E-state index < -0.39 is 0 Å². The summed E-state index contributed by atoms with van der Waals surface area (Å²) in [5.41, 5.74) is 1.41. The Kier molecular flexibility index (Phi) is 6.35. The molecule has 0 aromatic heterocycles. The van der Waals surface area contributed by atoms with Gasteiger partial charge >= 0.3 is 0 Å². The minimum atomic E-state index is -0.299. The van der Waals surface area contributed by atoms with Gasteiger partial charge in [-0.2, -0.15) is 5.26 Å². The van der Waals surface area contributed by atoms with E-state index in [-0.39, 0.29) is 29.9 Å². The summed E-state index contributed by atoms with van der Waals surface area (Å²) in [5, 5.41) is 12.9. The van der Waals surface area contributed by atoms with Crippen molar-refractivity contribution in [3.8, 4) is 6.07 Å². The van der Waals surface area contributed by atoms with Crippen molar-refractivity contribution in [2.24, 2.45) is 0 Å². The third kappa shape index (κ3) is 4.47. The van der Waals surface area contributed by atoms with Crippen molar-refractivity contribution in [2.75, 3.05) is 32.1 Å². The second-order valence-corrected chi connectivity index (χ2v) is 7.90. The molecule has 0 bridgehead atoms. The summed E-state index contributed by atoms with van der Waals surface area (Å²) < 4.78 is 6.15. The molecule has 2 heterocycles. The van der Waals surface area contributed by atoms with Crippen LogP contribution in [0.5, 0.6) is 0 Å². The van der Waals surface area contributed by atoms with Gasteiger partial charge in [0, 0.05) is 29.9 Å². The van der Waals surface area contributed by atoms with Gasteiger partial charge in [-0.3, -0.25) is 9.59 Å². The molecule has 0 radical (unpaired) electrons. The van der Waals surface area contributed by atoms with Gasteiger partial charge in [-0.1, -0.05) is 39.8 Å². The molecule has 1 saturated heterocycles. The number of benzene rings is 1. The average Bonchev–Trinajstić information content (AvgIpc) is 2.66. The van der Waals surface area contributed by atoms with Crippen molar-refractivity contribution in [3.63, 3.8) is 0 Å². The number of hydrogen-bond acceptors (Lipinski definition) is 5. The molecule has 2 aliphatic rings. The molecule has 26 heavy (non-hydrogen) atoms. The number of halogens is 1. The molecular weight excluding hydrogens is 418 g/mol. The number of allylic oxidation sites excluding steroid dienone is 1. The lowest BCUT2D eigenvalue weighted by molar-refractivity contribution is -0.132. The van der Waals surface area contributed by atoms with Gasteiger partial charge in [0.15, 0.2) is 0 Å². The Morgan fingerprint density at radius 1 is 1.42 bits per heavy atom. The van der Waals surface area contributed by atoms with E-state index in [1.54, 1.807) is 4.90 Å². The Bertz CT molecular complexity index is 784. The number of carbonyl (C=O) groups is 2. The Labute approximate surface area is 164 Å². The van der Waals surface area contributed by atoms with Crippen LogP contribution < -0.4 is 5.32 Å². The standard InChI is InChI=1S/C18H18BrN3O3S/c19-13-3-1-2-12(8-13)14-9-16(23)21-18(15(14)10-20)26-11-17(24)22-4-6-25-7-5-22/h1-3,8,14H,4-7,9,11H2,(H,21,23)/t14-/m0/s1. The Balaban J connectivity index is 1.77. The van der Waals surface area contributed by atoms with Gasteiger partial charge in [-0.05, 0) is 17.7 Å². The normalized spacial score (nSPS) is 20.5. The van der Waals surface area contributed by atoms with Gasteiger partial charge in [0.2, 0.25) is 11.8 Å². The van der Waals surface area contributed by atoms with E-state index in [1.165, 1.54) is 11.8 Å². The SMILES string of the molecule is N#CC1=C(SCC(=O)N2CCOCC2)NC(=O)C[C@H]1c1cccc(Br)c1. The van der Waals surface area contributed by atoms with Gasteiger partial charge in [0.25, 0.3) is 0 Å². The Hall–Kier alpha value is -1.82. The maximum Gasteiger partial charge on any atom is 0.233 e. The first-order chi connectivity index (χ1) is 12.6. The number of amides is 2. The van der Waals surface area contributed by atoms with Gasteiger partial charge in [0.1, 0.15) is 0 Å². The van der Waals surface area contributed by atoms with Crippen molar-refractivity contribution >= 4 is 39.5 Å². The predicted octanol–water partition coefficient (Wildman–Crippen LogP) is 2.38. The monoisotopic (exact) mass is 435 g/mol. The molecule has 2 amide bonds. The molecule has 136 valence electrons. The molecule has 8 heteroatoms. The van der Waals surface area contributed by atoms with Crippen LogP contribution in [0.25, 0.3) is 0 Å². The van der Waals surface area contributed by atoms with Crippen LogP contribution >= 0.6 is 27.7 Å². The Morgan fingerprint density at radius 2 is 2.19 bits per heavy atom. The summed E-state index contributed by atoms with van der Waals surface area (Å²) in [7, 11) is 0. The van der Waals surface area contributed by atoms with Gasteiger partial charge < -0.3 is 15.0 Å². The zero-order chi connectivity index (χ0) is 18.5. The van der Waals surface area contributed by atoms with E-state index in [1.807, 2.05) is 24.3 Å². The summed E-state index contributed by atoms with van der Waals surface area (Å²) in [6.07, 6.45) is 0.223. The first-order valence-corrected chi connectivity index (χ1v) is 10.0. The molecule has 0 saturated carbocycles. The van der Waals surface area contributed by atoms with Crippen LogP contribution in [-0.2, 0) is 14.3 Å². The zero-order valence-corrected chi connectivity index (χ0v) is 16.4. The highest BCUT2D eigenvalue weighted by Gasteiger charge is 2.30. The van der Waals surface area contributed by atoms with E-state index in [0.717, 1.165) is 10.0 Å². The van der Waals surface area contributed by atoms with Gasteiger partial charge in [-0.15, -0.1) is 0 Å². The highest BCUT2D eigenvalue weighted by molar-refractivity contribution is 9.10. The van der Waals surface area contributed by atoms with E-state index >= 15 is 0 Å². The van der Waals surface area contributed by atoms with Crippen molar-refractivity contribution in [3.05, 3.63) is 44.9 Å². The number of nitriles is 1. The topological polar surface area (TPSA) is 82.4 Å². The van der Waals surface area contributed by atoms with Crippen LogP contribution in [0.4, 0.5) is 0 Å². The third-order valence-corrected chi connectivity index (χ3v) is 5.81. The van der Waals surface area contributed by atoms with Crippen molar-refractivity contribution < 1.29 is 14.3 Å². The molecule has 1 aromatic rings. The van der Waals surface area contributed by atoms with E-state index in [0.29, 0.717) is 36.9 Å². The second-order valence-electron chi connectivity index (χ2n) is 6.00. The smallest absolute Gasteiger partial charge is 0.233 e. The van der Waals surface area contributed by atoms with Crippen LogP contribution in [0.3, 0.4) is 0 Å². The summed E-state index contributed by atoms with van der Waals surface area (Å²) in [6.45, 7) is 2.25. The molecule has 0 aliphatic carbocycles. The van der Waals surface area contributed by atoms with Crippen LogP contribution in [0, 0.1) is 11.3 Å². The fourth-order valence-electron chi connectivity index (χ4n) is 2.98. The molecule has 0 spiro atoms. The van der Waals surface area contributed by atoms with E-state index in [2.05, 4.69) is 27.3 Å². The molecule has 3 rings (SSSR count). The lowest BCUT2D eigenvalue weighted by Gasteiger charge is -2.28. The van der Waals surface area contributed by atoms with E-state index in [9.17, 15) is 14.9 Å². The summed E-state index contributed by atoms with van der Waals surface area (Å²) >= 11 is 4.65. The molecule has 1 N–H and O–H groups in total. The highest BCUT2D eigenvalue weighted by Crippen LogP contribution is 2.36. The highest BCUT2D eigenvalue weighted by atomic mass is 79.9. The number of nitrogens with one attached hydrogen (secondary N) is 1. The quantitative estimate of drug-likeness (QED) is 0.784. The lowest BCUT2D eigenvalue weighted by atomic mass is 9.87. The minimum absolute atomic E-state index is 0.0121. The Morgan fingerprint density at radius 3 is 2.88 bits per heavy atom. The zero-order valence-electron chi connectivity index (χ0n) is 14.0. The van der Waals surface area contributed by atoms with Crippen molar-refractivity contribution in [2.45, 2.75) is 12.3 Å². The largest absolute Gasteiger partial charge is 0.378 e. The van der Waals surface area contributed by atoms with Crippen molar-refractivity contribution in [1.29, 1.82) is 5.26 Å². The number of ether oxygens (including phenoxy) is 1. The van der Waals surface area contributed by atoms with Crippen molar-refractivity contribution in [1.82, 2.24) is 10.2 Å². The summed E-state index contributed by atoms with van der Waals surface area (Å²) in [5.74, 6) is -0.268. The van der Waals surface area contributed by atoms with E-state index in [4.69, 9.17) is 4.74 Å². The summed E-state index contributed by atoms with van der Waals surface area (Å²) in [4.78, 5) is 26.2. The maximum absolute atomic E-state index is 12.3. The second kappa shape index (κ2) is 8.71. The number of hydrogen-bond donors (Lipinski definition) is 1. The molecule has 0 unspecified atom stereocenters. The number of thioether (sulfide) groups is 1. The molecule has 1 fully saturated rings. The lowest BCUT2D eigenvalue weighted by Crippen LogP contribution is -2.42. The molecule has 6 nitrogen and oxygen atoms in total. The fourth-order valence-corrected chi connectivity index (χ4v) is 4.38. The fraction of sp³-hybridized carbons (Fsp3) is 0.389.